The van der Waals surface area contributed by atoms with Crippen LogP contribution >= 0.6 is 11.3 Å². The van der Waals surface area contributed by atoms with Gasteiger partial charge in [0.1, 0.15) is 0 Å². The molecule has 1 aromatic heterocycles. The first kappa shape index (κ1) is 15.5. The Kier molecular flexibility index (Phi) is 5.22. The highest BCUT2D eigenvalue weighted by atomic mass is 32.1. The molecule has 1 aromatic rings. The first-order chi connectivity index (χ1) is 9.52. The van der Waals surface area contributed by atoms with E-state index in [2.05, 4.69) is 11.4 Å². The molecule has 1 aliphatic carbocycles. The quantitative estimate of drug-likeness (QED) is 0.895. The van der Waals surface area contributed by atoms with Crippen molar-refractivity contribution in [3.05, 3.63) is 21.4 Å². The number of aryl methyl sites for hydroxylation is 2. The number of hydrogen-bond acceptors (Lipinski definition) is 3. The van der Waals surface area contributed by atoms with Crippen LogP contribution in [0.1, 0.15) is 66.1 Å². The Labute approximate surface area is 125 Å². The number of carbonyl (C=O) groups excluding carboxylic acids is 1. The molecule has 1 unspecified atom stereocenters. The lowest BCUT2D eigenvalue weighted by Gasteiger charge is -2.21. The monoisotopic (exact) mass is 295 g/mol. The Morgan fingerprint density at radius 2 is 2.05 bits per heavy atom. The van der Waals surface area contributed by atoms with Gasteiger partial charge in [0.2, 0.25) is 0 Å². The third-order valence-corrected chi connectivity index (χ3v) is 5.35. The lowest BCUT2D eigenvalue weighted by Crippen LogP contribution is -2.39. The first-order valence-corrected chi connectivity index (χ1v) is 8.45. The van der Waals surface area contributed by atoms with Crippen molar-refractivity contribution in [2.45, 2.75) is 64.4 Å². The van der Waals surface area contributed by atoms with E-state index in [9.17, 15) is 9.90 Å². The van der Waals surface area contributed by atoms with Gasteiger partial charge < -0.3 is 10.4 Å². The third kappa shape index (κ3) is 4.06. The number of hydrogen-bond donors (Lipinski definition) is 2. The van der Waals surface area contributed by atoms with Crippen molar-refractivity contribution >= 4 is 17.2 Å². The average Bonchev–Trinajstić information content (AvgIpc) is 2.79. The normalized spacial score (nSPS) is 18.6. The highest BCUT2D eigenvalue weighted by Crippen LogP contribution is 2.28. The molecular formula is C16H25NO2S. The van der Waals surface area contributed by atoms with Crippen molar-refractivity contribution < 1.29 is 9.90 Å². The molecule has 3 nitrogen and oxygen atoms in total. The van der Waals surface area contributed by atoms with Gasteiger partial charge in [-0.2, -0.15) is 0 Å². The van der Waals surface area contributed by atoms with Crippen LogP contribution in [0.25, 0.3) is 0 Å². The van der Waals surface area contributed by atoms with Crippen LogP contribution in [0.15, 0.2) is 6.07 Å². The molecule has 0 aromatic carbocycles. The molecule has 20 heavy (non-hydrogen) atoms. The number of thiophene rings is 1. The second-order valence-electron chi connectivity index (χ2n) is 6.01. The maximum absolute atomic E-state index is 12.2. The number of nitrogens with one attached hydrogen (secondary N) is 1. The van der Waals surface area contributed by atoms with Crippen molar-refractivity contribution in [2.24, 2.45) is 0 Å². The average molecular weight is 295 g/mol. The fourth-order valence-electron chi connectivity index (χ4n) is 2.44. The Morgan fingerprint density at radius 1 is 1.35 bits per heavy atom. The minimum atomic E-state index is -0.818. The van der Waals surface area contributed by atoms with Gasteiger partial charge in [-0.3, -0.25) is 4.79 Å². The molecule has 0 radical (unpaired) electrons. The molecule has 1 aliphatic rings. The highest BCUT2D eigenvalue weighted by molar-refractivity contribution is 7.14. The Bertz CT molecular complexity index is 440. The highest BCUT2D eigenvalue weighted by Gasteiger charge is 2.20. The molecular weight excluding hydrogens is 270 g/mol. The van der Waals surface area contributed by atoms with Crippen LogP contribution < -0.4 is 5.32 Å². The van der Waals surface area contributed by atoms with E-state index >= 15 is 0 Å². The summed E-state index contributed by atoms with van der Waals surface area (Å²) in [4.78, 5) is 14.4. The van der Waals surface area contributed by atoms with Gasteiger partial charge in [-0.05, 0) is 50.7 Å². The minimum absolute atomic E-state index is 0.0459. The number of fused-ring (bicyclic) bond motifs is 1. The molecule has 2 N–H and O–H groups in total. The second kappa shape index (κ2) is 6.72. The summed E-state index contributed by atoms with van der Waals surface area (Å²) >= 11 is 1.63. The van der Waals surface area contributed by atoms with E-state index in [1.165, 1.54) is 36.1 Å². The van der Waals surface area contributed by atoms with Crippen molar-refractivity contribution in [1.82, 2.24) is 5.32 Å². The maximum Gasteiger partial charge on any atom is 0.261 e. The molecule has 1 atom stereocenters. The fraction of sp³-hybridized carbons (Fsp3) is 0.688. The topological polar surface area (TPSA) is 49.3 Å². The number of carbonyl (C=O) groups is 1. The standard InChI is InChI=1S/C16H25NO2S/c1-3-16(2,19)11-17-15(18)14-10-12-8-6-4-5-7-9-13(12)20-14/h10,19H,3-9,11H2,1-2H3,(H,17,18). The number of rotatable bonds is 4. The van der Waals surface area contributed by atoms with Crippen molar-refractivity contribution in [3.63, 3.8) is 0 Å². The summed E-state index contributed by atoms with van der Waals surface area (Å²) in [5.74, 6) is -0.0459. The van der Waals surface area contributed by atoms with Crippen molar-refractivity contribution in [1.29, 1.82) is 0 Å². The molecule has 0 spiro atoms. The summed E-state index contributed by atoms with van der Waals surface area (Å²) < 4.78 is 0. The van der Waals surface area contributed by atoms with E-state index in [0.29, 0.717) is 13.0 Å². The zero-order valence-electron chi connectivity index (χ0n) is 12.5. The molecule has 0 aliphatic heterocycles. The van der Waals surface area contributed by atoms with E-state index in [-0.39, 0.29) is 5.91 Å². The third-order valence-electron chi connectivity index (χ3n) is 4.11. The van der Waals surface area contributed by atoms with Gasteiger partial charge >= 0.3 is 0 Å². The van der Waals surface area contributed by atoms with Crippen LogP contribution in [0.2, 0.25) is 0 Å². The van der Waals surface area contributed by atoms with Crippen LogP contribution in [0.3, 0.4) is 0 Å². The van der Waals surface area contributed by atoms with Crippen LogP contribution in [-0.4, -0.2) is 23.2 Å². The second-order valence-corrected chi connectivity index (χ2v) is 7.14. The first-order valence-electron chi connectivity index (χ1n) is 7.64. The molecule has 0 bridgehead atoms. The summed E-state index contributed by atoms with van der Waals surface area (Å²) in [5.41, 5.74) is 0.545. The lowest BCUT2D eigenvalue weighted by molar-refractivity contribution is 0.0519. The van der Waals surface area contributed by atoms with Gasteiger partial charge in [0, 0.05) is 11.4 Å². The molecule has 0 fully saturated rings. The van der Waals surface area contributed by atoms with Crippen LogP contribution in [-0.2, 0) is 12.8 Å². The Balaban J connectivity index is 2.01. The zero-order valence-corrected chi connectivity index (χ0v) is 13.3. The summed E-state index contributed by atoms with van der Waals surface area (Å²) in [6.45, 7) is 3.98. The summed E-state index contributed by atoms with van der Waals surface area (Å²) in [6.07, 6.45) is 7.92. The Hall–Kier alpha value is -0.870. The number of aliphatic hydroxyl groups is 1. The zero-order chi connectivity index (χ0) is 14.6. The molecule has 4 heteroatoms. The van der Waals surface area contributed by atoms with Gasteiger partial charge in [-0.1, -0.05) is 19.8 Å². The van der Waals surface area contributed by atoms with Crippen molar-refractivity contribution in [2.75, 3.05) is 6.54 Å². The molecule has 0 saturated carbocycles. The smallest absolute Gasteiger partial charge is 0.261 e. The van der Waals surface area contributed by atoms with Gasteiger partial charge in [0.05, 0.1) is 10.5 Å². The summed E-state index contributed by atoms with van der Waals surface area (Å²) in [5, 5.41) is 12.8. The maximum atomic E-state index is 12.2. The van der Waals surface area contributed by atoms with Gasteiger partial charge in [-0.25, -0.2) is 0 Å². The summed E-state index contributed by atoms with van der Waals surface area (Å²) in [7, 11) is 0. The van der Waals surface area contributed by atoms with E-state index < -0.39 is 5.60 Å². The van der Waals surface area contributed by atoms with Crippen LogP contribution in [0, 0.1) is 0 Å². The largest absolute Gasteiger partial charge is 0.388 e. The Morgan fingerprint density at radius 3 is 2.75 bits per heavy atom. The van der Waals surface area contributed by atoms with E-state index in [1.807, 2.05) is 6.92 Å². The SMILES string of the molecule is CCC(C)(O)CNC(=O)c1cc2c(s1)CCCCCC2. The van der Waals surface area contributed by atoms with Gasteiger partial charge in [0.25, 0.3) is 5.91 Å². The van der Waals surface area contributed by atoms with E-state index in [1.54, 1.807) is 18.3 Å². The molecule has 112 valence electrons. The molecule has 1 heterocycles. The van der Waals surface area contributed by atoms with Crippen LogP contribution in [0.5, 0.6) is 0 Å². The van der Waals surface area contributed by atoms with E-state index in [0.717, 1.165) is 17.7 Å². The predicted molar refractivity (Wildman–Crippen MR) is 83.4 cm³/mol. The van der Waals surface area contributed by atoms with Crippen LogP contribution in [0.4, 0.5) is 0 Å². The fourth-order valence-corrected chi connectivity index (χ4v) is 3.61. The van der Waals surface area contributed by atoms with Crippen molar-refractivity contribution in [3.8, 4) is 0 Å². The van der Waals surface area contributed by atoms with E-state index in [4.69, 9.17) is 0 Å². The van der Waals surface area contributed by atoms with Gasteiger partial charge in [0.15, 0.2) is 0 Å². The van der Waals surface area contributed by atoms with Gasteiger partial charge in [-0.15, -0.1) is 11.3 Å². The molecule has 2 rings (SSSR count). The molecule has 1 amide bonds. The predicted octanol–water partition coefficient (Wildman–Crippen LogP) is 3.30. The minimum Gasteiger partial charge on any atom is -0.388 e. The lowest BCUT2D eigenvalue weighted by atomic mass is 10.00. The number of amides is 1. The molecule has 0 saturated heterocycles. The summed E-state index contributed by atoms with van der Waals surface area (Å²) in [6, 6.07) is 2.06.